The summed E-state index contributed by atoms with van der Waals surface area (Å²) in [6, 6.07) is 0. The molecule has 0 amide bonds. The molecule has 0 unspecified atom stereocenters. The van der Waals surface area contributed by atoms with Crippen LogP contribution in [0.5, 0.6) is 0 Å². The monoisotopic (exact) mass is 110 g/mol. The lowest BCUT2D eigenvalue weighted by Crippen LogP contribution is -1.91. The van der Waals surface area contributed by atoms with Crippen molar-refractivity contribution in [2.45, 2.75) is 6.61 Å². The van der Waals surface area contributed by atoms with Crippen LogP contribution in [0.1, 0.15) is 5.82 Å². The summed E-state index contributed by atoms with van der Waals surface area (Å²) in [6.45, 7) is -0.373. The van der Waals surface area contributed by atoms with Gasteiger partial charge in [0.25, 0.3) is 0 Å². The third-order valence-electron chi connectivity index (χ3n) is 0.676. The van der Waals surface area contributed by atoms with E-state index in [1.807, 2.05) is 0 Å². The lowest BCUT2D eigenvalue weighted by Gasteiger charge is -1.85. The Kier molecular flexibility index (Phi) is 1.48. The molecule has 1 radical (unpaired) electrons. The number of hydrogen-bond donors (Lipinski definition) is 0. The Morgan fingerprint density at radius 2 is 2.00 bits per heavy atom. The van der Waals surface area contributed by atoms with E-state index in [9.17, 15) is 5.11 Å². The van der Waals surface area contributed by atoms with E-state index in [2.05, 4.69) is 15.0 Å². The van der Waals surface area contributed by atoms with Crippen molar-refractivity contribution in [1.82, 2.24) is 15.0 Å². The van der Waals surface area contributed by atoms with E-state index in [1.165, 1.54) is 12.7 Å². The average molecular weight is 110 g/mol. The SMILES string of the molecule is [O]Cc1ncncn1. The fourth-order valence-electron chi connectivity index (χ4n) is 0.338. The van der Waals surface area contributed by atoms with Gasteiger partial charge in [-0.2, -0.15) is 0 Å². The van der Waals surface area contributed by atoms with Crippen molar-refractivity contribution >= 4 is 0 Å². The average Bonchev–Trinajstić information content (AvgIpc) is 1.90. The van der Waals surface area contributed by atoms with Crippen LogP contribution < -0.4 is 0 Å². The van der Waals surface area contributed by atoms with Crippen molar-refractivity contribution < 1.29 is 5.11 Å². The molecular weight excluding hydrogens is 106 g/mol. The maximum Gasteiger partial charge on any atom is 0.160 e. The highest BCUT2D eigenvalue weighted by Gasteiger charge is 1.87. The van der Waals surface area contributed by atoms with Crippen LogP contribution in [-0.2, 0) is 11.7 Å². The Bertz CT molecular complexity index is 153. The van der Waals surface area contributed by atoms with Gasteiger partial charge in [0.2, 0.25) is 0 Å². The lowest BCUT2D eigenvalue weighted by molar-refractivity contribution is 0.169. The predicted octanol–water partition coefficient (Wildman–Crippen LogP) is -0.198. The first-order valence-corrected chi connectivity index (χ1v) is 2.12. The third-order valence-corrected chi connectivity index (χ3v) is 0.676. The van der Waals surface area contributed by atoms with Crippen molar-refractivity contribution in [2.24, 2.45) is 0 Å². The topological polar surface area (TPSA) is 58.6 Å². The molecule has 4 heteroatoms. The van der Waals surface area contributed by atoms with Crippen LogP contribution in [0.4, 0.5) is 0 Å². The number of rotatable bonds is 1. The molecule has 0 saturated carbocycles. The van der Waals surface area contributed by atoms with Gasteiger partial charge in [-0.15, -0.1) is 0 Å². The molecule has 0 aliphatic carbocycles. The van der Waals surface area contributed by atoms with E-state index in [4.69, 9.17) is 0 Å². The van der Waals surface area contributed by atoms with Crippen molar-refractivity contribution in [1.29, 1.82) is 0 Å². The van der Waals surface area contributed by atoms with Gasteiger partial charge < -0.3 is 0 Å². The zero-order valence-electron chi connectivity index (χ0n) is 4.11. The van der Waals surface area contributed by atoms with Gasteiger partial charge in [-0.3, -0.25) is 0 Å². The third kappa shape index (κ3) is 0.974. The van der Waals surface area contributed by atoms with E-state index in [0.717, 1.165) is 0 Å². The van der Waals surface area contributed by atoms with Crippen molar-refractivity contribution in [3.8, 4) is 0 Å². The van der Waals surface area contributed by atoms with Crippen LogP contribution in [0.2, 0.25) is 0 Å². The molecule has 41 valence electrons. The highest BCUT2D eigenvalue weighted by atomic mass is 16.3. The lowest BCUT2D eigenvalue weighted by atomic mass is 10.7. The Hall–Kier alpha value is -1.03. The zero-order valence-corrected chi connectivity index (χ0v) is 4.11. The predicted molar refractivity (Wildman–Crippen MR) is 24.2 cm³/mol. The second-order valence-electron chi connectivity index (χ2n) is 1.20. The quantitative estimate of drug-likeness (QED) is 0.503. The summed E-state index contributed by atoms with van der Waals surface area (Å²) in [5, 5.41) is 9.98. The molecule has 0 atom stereocenters. The van der Waals surface area contributed by atoms with Crippen LogP contribution in [0.15, 0.2) is 12.7 Å². The van der Waals surface area contributed by atoms with Gasteiger partial charge in [-0.25, -0.2) is 20.1 Å². The van der Waals surface area contributed by atoms with E-state index in [1.54, 1.807) is 0 Å². The Labute approximate surface area is 46.2 Å². The first kappa shape index (κ1) is 5.11. The molecule has 0 bridgehead atoms. The number of aromatic nitrogens is 3. The maximum atomic E-state index is 9.98. The number of nitrogens with zero attached hydrogens (tertiary/aromatic N) is 3. The summed E-state index contributed by atoms with van der Waals surface area (Å²) < 4.78 is 0. The molecule has 8 heavy (non-hydrogen) atoms. The minimum atomic E-state index is -0.373. The van der Waals surface area contributed by atoms with Crippen molar-refractivity contribution in [3.63, 3.8) is 0 Å². The summed E-state index contributed by atoms with van der Waals surface area (Å²) in [5.41, 5.74) is 0. The Balaban J connectivity index is 2.83. The zero-order chi connectivity index (χ0) is 5.82. The molecule has 4 nitrogen and oxygen atoms in total. The van der Waals surface area contributed by atoms with Gasteiger partial charge in [0.05, 0.1) is 0 Å². The smallest absolute Gasteiger partial charge is 0.160 e. The second kappa shape index (κ2) is 2.32. The standard InChI is InChI=1S/C4H4N3O/c8-1-4-6-2-5-3-7-4/h2-3H,1H2. The molecular formula is C4H4N3O. The second-order valence-corrected chi connectivity index (χ2v) is 1.20. The summed E-state index contributed by atoms with van der Waals surface area (Å²) in [6.07, 6.45) is 2.61. The fourth-order valence-corrected chi connectivity index (χ4v) is 0.338. The molecule has 0 spiro atoms. The minimum Gasteiger partial charge on any atom is -0.228 e. The molecule has 1 aromatic rings. The van der Waals surface area contributed by atoms with Crippen LogP contribution in [0.25, 0.3) is 0 Å². The highest BCUT2D eigenvalue weighted by Crippen LogP contribution is 1.80. The minimum absolute atomic E-state index is 0.292. The Morgan fingerprint density at radius 3 is 2.38 bits per heavy atom. The van der Waals surface area contributed by atoms with Gasteiger partial charge in [0, 0.05) is 0 Å². The van der Waals surface area contributed by atoms with Crippen molar-refractivity contribution in [2.75, 3.05) is 0 Å². The van der Waals surface area contributed by atoms with Gasteiger partial charge in [-0.05, 0) is 0 Å². The molecule has 1 heterocycles. The van der Waals surface area contributed by atoms with Crippen LogP contribution >= 0.6 is 0 Å². The molecule has 0 saturated heterocycles. The molecule has 1 aromatic heterocycles. The van der Waals surface area contributed by atoms with Crippen LogP contribution in [-0.4, -0.2) is 15.0 Å². The number of hydrogen-bond acceptors (Lipinski definition) is 3. The molecule has 0 N–H and O–H groups in total. The molecule has 0 aliphatic heterocycles. The molecule has 0 fully saturated rings. The highest BCUT2D eigenvalue weighted by molar-refractivity contribution is 4.75. The molecule has 0 aliphatic rings. The molecule has 0 aromatic carbocycles. The normalized spacial score (nSPS) is 9.12. The summed E-state index contributed by atoms with van der Waals surface area (Å²) >= 11 is 0. The first-order valence-electron chi connectivity index (χ1n) is 2.12. The van der Waals surface area contributed by atoms with E-state index in [-0.39, 0.29) is 6.61 Å². The summed E-state index contributed by atoms with van der Waals surface area (Å²) in [4.78, 5) is 10.7. The first-order chi connectivity index (χ1) is 3.93. The maximum absolute atomic E-state index is 9.98. The van der Waals surface area contributed by atoms with Gasteiger partial charge in [0.1, 0.15) is 19.3 Å². The largest absolute Gasteiger partial charge is 0.228 e. The van der Waals surface area contributed by atoms with Crippen LogP contribution in [0.3, 0.4) is 0 Å². The van der Waals surface area contributed by atoms with E-state index < -0.39 is 0 Å². The van der Waals surface area contributed by atoms with E-state index in [0.29, 0.717) is 5.82 Å². The van der Waals surface area contributed by atoms with E-state index >= 15 is 0 Å². The van der Waals surface area contributed by atoms with Gasteiger partial charge >= 0.3 is 0 Å². The van der Waals surface area contributed by atoms with Gasteiger partial charge in [-0.1, -0.05) is 0 Å². The summed E-state index contributed by atoms with van der Waals surface area (Å²) in [5.74, 6) is 0.292. The fraction of sp³-hybridized carbons (Fsp3) is 0.250. The van der Waals surface area contributed by atoms with Crippen LogP contribution in [0, 0.1) is 0 Å². The van der Waals surface area contributed by atoms with Gasteiger partial charge in [0.15, 0.2) is 5.82 Å². The summed E-state index contributed by atoms with van der Waals surface area (Å²) in [7, 11) is 0. The molecule has 1 rings (SSSR count). The van der Waals surface area contributed by atoms with Crippen molar-refractivity contribution in [3.05, 3.63) is 18.5 Å². The Morgan fingerprint density at radius 1 is 1.38 bits per heavy atom.